The second-order valence-corrected chi connectivity index (χ2v) is 6.33. The number of carbonyl (C=O) groups excluding carboxylic acids is 1. The molecule has 7 heteroatoms. The Balaban J connectivity index is 2.53. The van der Waals surface area contributed by atoms with Gasteiger partial charge < -0.3 is 4.90 Å². The first-order valence-corrected chi connectivity index (χ1v) is 7.39. The molecule has 1 aliphatic heterocycles. The molecule has 0 aromatic heterocycles. The predicted molar refractivity (Wildman–Crippen MR) is 63.0 cm³/mol. The zero-order chi connectivity index (χ0) is 12.2. The van der Waals surface area contributed by atoms with Gasteiger partial charge in [-0.3, -0.25) is 4.79 Å². The van der Waals surface area contributed by atoms with Crippen molar-refractivity contribution in [1.29, 1.82) is 0 Å². The van der Waals surface area contributed by atoms with Crippen LogP contribution in [0.2, 0.25) is 0 Å². The highest BCUT2D eigenvalue weighted by Crippen LogP contribution is 2.09. The van der Waals surface area contributed by atoms with E-state index in [4.69, 9.17) is 11.6 Å². The van der Waals surface area contributed by atoms with E-state index < -0.39 is 10.0 Å². The van der Waals surface area contributed by atoms with Crippen molar-refractivity contribution in [2.45, 2.75) is 12.8 Å². The van der Waals surface area contributed by atoms with Crippen LogP contribution in [0.5, 0.6) is 0 Å². The molecule has 1 amide bonds. The average molecular weight is 269 g/mol. The van der Waals surface area contributed by atoms with Crippen LogP contribution in [0, 0.1) is 0 Å². The Bertz CT molecular complexity index is 345. The first kappa shape index (κ1) is 13.7. The van der Waals surface area contributed by atoms with Gasteiger partial charge in [-0.05, 0) is 12.8 Å². The Morgan fingerprint density at radius 3 is 2.56 bits per heavy atom. The Morgan fingerprint density at radius 1 is 1.31 bits per heavy atom. The van der Waals surface area contributed by atoms with Crippen molar-refractivity contribution in [3.05, 3.63) is 0 Å². The summed E-state index contributed by atoms with van der Waals surface area (Å²) in [5.41, 5.74) is 0. The molecule has 0 aromatic carbocycles. The normalized spacial score (nSPS) is 19.1. The van der Waals surface area contributed by atoms with Crippen molar-refractivity contribution >= 4 is 27.5 Å². The third-order valence-corrected chi connectivity index (χ3v) is 4.77. The SMILES string of the molecule is CN1CCN(S(=O)(=O)CCCCCl)CC1=O. The molecule has 1 aliphatic rings. The quantitative estimate of drug-likeness (QED) is 0.525. The first-order valence-electron chi connectivity index (χ1n) is 5.25. The topological polar surface area (TPSA) is 57.7 Å². The van der Waals surface area contributed by atoms with Crippen LogP contribution in [0.25, 0.3) is 0 Å². The molecule has 94 valence electrons. The lowest BCUT2D eigenvalue weighted by Gasteiger charge is -2.31. The maximum absolute atomic E-state index is 11.8. The Kier molecular flexibility index (Phi) is 5.01. The van der Waals surface area contributed by atoms with Crippen LogP contribution < -0.4 is 0 Å². The van der Waals surface area contributed by atoms with Crippen molar-refractivity contribution in [1.82, 2.24) is 9.21 Å². The van der Waals surface area contributed by atoms with Gasteiger partial charge in [-0.15, -0.1) is 11.6 Å². The van der Waals surface area contributed by atoms with Crippen molar-refractivity contribution in [2.24, 2.45) is 0 Å². The minimum absolute atomic E-state index is 0.0281. The lowest BCUT2D eigenvalue weighted by atomic mass is 10.4. The van der Waals surface area contributed by atoms with Crippen LogP contribution in [0.4, 0.5) is 0 Å². The number of hydrogen-bond donors (Lipinski definition) is 0. The molecular weight excluding hydrogens is 252 g/mol. The van der Waals surface area contributed by atoms with Gasteiger partial charge in [-0.1, -0.05) is 0 Å². The van der Waals surface area contributed by atoms with E-state index in [2.05, 4.69) is 0 Å². The highest BCUT2D eigenvalue weighted by Gasteiger charge is 2.29. The molecule has 1 saturated heterocycles. The molecule has 1 heterocycles. The van der Waals surface area contributed by atoms with Crippen molar-refractivity contribution < 1.29 is 13.2 Å². The maximum atomic E-state index is 11.8. The summed E-state index contributed by atoms with van der Waals surface area (Å²) >= 11 is 5.49. The monoisotopic (exact) mass is 268 g/mol. The molecule has 0 saturated carbocycles. The molecule has 0 aromatic rings. The number of halogens is 1. The van der Waals surface area contributed by atoms with Gasteiger partial charge in [0.25, 0.3) is 0 Å². The molecule has 16 heavy (non-hydrogen) atoms. The first-order chi connectivity index (χ1) is 7.47. The van der Waals surface area contributed by atoms with Gasteiger partial charge in [-0.2, -0.15) is 4.31 Å². The van der Waals surface area contributed by atoms with Gasteiger partial charge in [0.2, 0.25) is 15.9 Å². The van der Waals surface area contributed by atoms with Crippen molar-refractivity contribution in [2.75, 3.05) is 38.3 Å². The molecule has 0 radical (unpaired) electrons. The predicted octanol–water partition coefficient (Wildman–Crippen LogP) is 0.109. The van der Waals surface area contributed by atoms with E-state index in [1.807, 2.05) is 0 Å². The Labute approximate surface area is 101 Å². The fourth-order valence-electron chi connectivity index (χ4n) is 1.48. The van der Waals surface area contributed by atoms with Crippen LogP contribution in [0.3, 0.4) is 0 Å². The second-order valence-electron chi connectivity index (χ2n) is 3.86. The molecule has 1 fully saturated rings. The summed E-state index contributed by atoms with van der Waals surface area (Å²) in [5, 5.41) is 0. The minimum Gasteiger partial charge on any atom is -0.343 e. The summed E-state index contributed by atoms with van der Waals surface area (Å²) < 4.78 is 24.9. The number of alkyl halides is 1. The number of nitrogens with zero attached hydrogens (tertiary/aromatic N) is 2. The fourth-order valence-corrected chi connectivity index (χ4v) is 3.17. The molecule has 0 unspecified atom stereocenters. The summed E-state index contributed by atoms with van der Waals surface area (Å²) in [4.78, 5) is 12.9. The van der Waals surface area contributed by atoms with E-state index in [-0.39, 0.29) is 18.2 Å². The molecule has 0 atom stereocenters. The van der Waals surface area contributed by atoms with Crippen LogP contribution in [-0.4, -0.2) is 61.8 Å². The third-order valence-electron chi connectivity index (χ3n) is 2.60. The smallest absolute Gasteiger partial charge is 0.237 e. The average Bonchev–Trinajstić information content (AvgIpc) is 2.22. The van der Waals surface area contributed by atoms with Gasteiger partial charge >= 0.3 is 0 Å². The lowest BCUT2D eigenvalue weighted by molar-refractivity contribution is -0.132. The third kappa shape index (κ3) is 3.61. The number of rotatable bonds is 5. The van der Waals surface area contributed by atoms with Crippen molar-refractivity contribution in [3.63, 3.8) is 0 Å². The number of unbranched alkanes of at least 4 members (excludes halogenated alkanes) is 1. The summed E-state index contributed by atoms with van der Waals surface area (Å²) in [6.07, 6.45) is 1.23. The molecule has 1 rings (SSSR count). The number of carbonyl (C=O) groups is 1. The molecule has 0 bridgehead atoms. The largest absolute Gasteiger partial charge is 0.343 e. The van der Waals surface area contributed by atoms with Gasteiger partial charge in [0.05, 0.1) is 12.3 Å². The number of hydrogen-bond acceptors (Lipinski definition) is 3. The Morgan fingerprint density at radius 2 is 2.00 bits per heavy atom. The van der Waals surface area contributed by atoms with Gasteiger partial charge in [0, 0.05) is 26.0 Å². The number of amides is 1. The number of likely N-dealkylation sites (N-methyl/N-ethyl adjacent to an activating group) is 1. The molecule has 0 N–H and O–H groups in total. The highest BCUT2D eigenvalue weighted by atomic mass is 35.5. The van der Waals surface area contributed by atoms with E-state index in [1.54, 1.807) is 11.9 Å². The second kappa shape index (κ2) is 5.84. The van der Waals surface area contributed by atoms with E-state index in [0.717, 1.165) is 0 Å². The van der Waals surface area contributed by atoms with Crippen molar-refractivity contribution in [3.8, 4) is 0 Å². The zero-order valence-corrected chi connectivity index (χ0v) is 10.9. The number of piperazine rings is 1. The zero-order valence-electron chi connectivity index (χ0n) is 9.36. The van der Waals surface area contributed by atoms with E-state index in [1.165, 1.54) is 4.31 Å². The van der Waals surface area contributed by atoms with Gasteiger partial charge in [0.1, 0.15) is 0 Å². The van der Waals surface area contributed by atoms with Crippen LogP contribution in [0.15, 0.2) is 0 Å². The van der Waals surface area contributed by atoms with Gasteiger partial charge in [-0.25, -0.2) is 8.42 Å². The fraction of sp³-hybridized carbons (Fsp3) is 0.889. The molecule has 5 nitrogen and oxygen atoms in total. The number of sulfonamides is 1. The summed E-state index contributed by atoms with van der Waals surface area (Å²) in [7, 11) is -1.60. The minimum atomic E-state index is -3.28. The summed E-state index contributed by atoms with van der Waals surface area (Å²) in [5.74, 6) is 0.403. The van der Waals surface area contributed by atoms with Gasteiger partial charge in [0.15, 0.2) is 0 Å². The van der Waals surface area contributed by atoms with E-state index in [0.29, 0.717) is 31.8 Å². The lowest BCUT2D eigenvalue weighted by Crippen LogP contribution is -2.51. The van der Waals surface area contributed by atoms with Crippen LogP contribution in [0.1, 0.15) is 12.8 Å². The standard InChI is InChI=1S/C9H17ClN2O3S/c1-11-5-6-12(8-9(11)13)16(14,15)7-3-2-4-10/h2-8H2,1H3. The molecule has 0 spiro atoms. The highest BCUT2D eigenvalue weighted by molar-refractivity contribution is 7.89. The molecule has 0 aliphatic carbocycles. The molecular formula is C9H17ClN2O3S. The summed E-state index contributed by atoms with van der Waals surface area (Å²) in [6, 6.07) is 0. The summed E-state index contributed by atoms with van der Waals surface area (Å²) in [6.45, 7) is 0.832. The van der Waals surface area contributed by atoms with E-state index >= 15 is 0 Å². The van der Waals surface area contributed by atoms with Crippen LogP contribution in [-0.2, 0) is 14.8 Å². The Hall–Kier alpha value is -0.330. The van der Waals surface area contributed by atoms with Crippen LogP contribution >= 0.6 is 11.6 Å². The maximum Gasteiger partial charge on any atom is 0.237 e. The van der Waals surface area contributed by atoms with E-state index in [9.17, 15) is 13.2 Å².